The van der Waals surface area contributed by atoms with Gasteiger partial charge in [-0.25, -0.2) is 8.42 Å². The Morgan fingerprint density at radius 3 is 2.40 bits per heavy atom. The molecule has 0 aliphatic heterocycles. The maximum Gasteiger partial charge on any atom is 0.0993 e. The fraction of sp³-hybridized carbons (Fsp3) is 0.333. The van der Waals surface area contributed by atoms with Crippen LogP contribution >= 0.6 is 11.8 Å². The summed E-state index contributed by atoms with van der Waals surface area (Å²) in [5, 5.41) is 0. The van der Waals surface area contributed by atoms with Crippen molar-refractivity contribution >= 4 is 27.5 Å². The van der Waals surface area contributed by atoms with E-state index in [4.69, 9.17) is 0 Å². The Kier molecular flexibility index (Phi) is 4.44. The number of benzene rings is 1. The Hall–Kier alpha value is -0.720. The van der Waals surface area contributed by atoms with Crippen molar-refractivity contribution in [1.29, 1.82) is 0 Å². The molecule has 0 aliphatic carbocycles. The highest BCUT2D eigenvalue weighted by molar-refractivity contribution is 7.98. The van der Waals surface area contributed by atoms with Gasteiger partial charge in [-0.15, -0.1) is 17.4 Å². The monoisotopic (exact) mass is 246 g/mol. The van der Waals surface area contributed by atoms with E-state index < -0.39 is 10.0 Å². The van der Waals surface area contributed by atoms with Crippen LogP contribution in [0, 0.1) is 0 Å². The third kappa shape index (κ3) is 4.11. The molecule has 0 radical (unpaired) electrons. The number of hydrogen-bond acceptors (Lipinski definition) is 3. The first-order chi connectivity index (χ1) is 7.07. The molecule has 6 heteroatoms. The minimum Gasteiger partial charge on any atom is -0.577 e. The van der Waals surface area contributed by atoms with E-state index >= 15 is 0 Å². The van der Waals surface area contributed by atoms with E-state index in [0.29, 0.717) is 12.2 Å². The van der Waals surface area contributed by atoms with Gasteiger partial charge < -0.3 is 10.5 Å². The minimum atomic E-state index is -3.35. The standard InChI is InChI=1S/C9H13N2O2S2/c1-14-9-4-2-8(3-5-9)11-15(12,13)7-6-10/h2-5H,6-7,10H2,1H3/q-1/p+1. The van der Waals surface area contributed by atoms with E-state index in [2.05, 4.69) is 10.5 Å². The Balaban J connectivity index is 2.73. The van der Waals surface area contributed by atoms with E-state index in [0.717, 1.165) is 4.90 Å². The lowest BCUT2D eigenvalue weighted by Gasteiger charge is -2.20. The molecule has 0 spiro atoms. The van der Waals surface area contributed by atoms with Crippen LogP contribution < -0.4 is 5.73 Å². The normalized spacial score (nSPS) is 11.3. The predicted molar refractivity (Wildman–Crippen MR) is 62.8 cm³/mol. The molecule has 0 bridgehead atoms. The molecule has 0 aliphatic rings. The molecule has 4 nitrogen and oxygen atoms in total. The van der Waals surface area contributed by atoms with Gasteiger partial charge in [0.1, 0.15) is 0 Å². The zero-order chi connectivity index (χ0) is 11.3. The number of quaternary nitrogens is 1. The molecule has 15 heavy (non-hydrogen) atoms. The van der Waals surface area contributed by atoms with Gasteiger partial charge in [0.2, 0.25) is 0 Å². The maximum atomic E-state index is 11.3. The fourth-order valence-electron chi connectivity index (χ4n) is 1.03. The van der Waals surface area contributed by atoms with E-state index in [1.807, 2.05) is 18.4 Å². The van der Waals surface area contributed by atoms with Crippen LogP contribution in [0.1, 0.15) is 0 Å². The van der Waals surface area contributed by atoms with Crippen molar-refractivity contribution < 1.29 is 14.2 Å². The Morgan fingerprint density at radius 2 is 1.93 bits per heavy atom. The summed E-state index contributed by atoms with van der Waals surface area (Å²) in [6.07, 6.45) is 1.96. The molecular formula is C9H14N2O2S2. The largest absolute Gasteiger partial charge is 0.577 e. The summed E-state index contributed by atoms with van der Waals surface area (Å²) in [7, 11) is -3.35. The van der Waals surface area contributed by atoms with Crippen LogP contribution in [-0.4, -0.2) is 27.0 Å². The zero-order valence-electron chi connectivity index (χ0n) is 8.51. The second kappa shape index (κ2) is 5.39. The van der Waals surface area contributed by atoms with Crippen LogP contribution in [0.3, 0.4) is 0 Å². The lowest BCUT2D eigenvalue weighted by atomic mass is 10.3. The van der Waals surface area contributed by atoms with Crippen molar-refractivity contribution in [2.45, 2.75) is 4.90 Å². The molecule has 0 fully saturated rings. The van der Waals surface area contributed by atoms with Crippen LogP contribution in [0.2, 0.25) is 0 Å². The summed E-state index contributed by atoms with van der Waals surface area (Å²) in [6, 6.07) is 7.10. The molecule has 0 aromatic heterocycles. The third-order valence-electron chi connectivity index (χ3n) is 1.72. The quantitative estimate of drug-likeness (QED) is 0.787. The number of thioether (sulfide) groups is 1. The van der Waals surface area contributed by atoms with Gasteiger partial charge in [0.25, 0.3) is 0 Å². The number of rotatable bonds is 5. The number of hydrogen-bond donors (Lipinski definition) is 1. The molecule has 1 aromatic rings. The van der Waals surface area contributed by atoms with Crippen LogP contribution in [0.15, 0.2) is 29.2 Å². The molecule has 3 N–H and O–H groups in total. The molecule has 0 unspecified atom stereocenters. The number of nitrogens with zero attached hydrogens (tertiary/aromatic N) is 1. The van der Waals surface area contributed by atoms with Crippen molar-refractivity contribution in [3.63, 3.8) is 0 Å². The maximum absolute atomic E-state index is 11.3. The van der Waals surface area contributed by atoms with E-state index in [-0.39, 0.29) is 5.75 Å². The van der Waals surface area contributed by atoms with Crippen LogP contribution in [0.25, 0.3) is 4.72 Å². The molecule has 0 saturated carbocycles. The van der Waals surface area contributed by atoms with Gasteiger partial charge >= 0.3 is 0 Å². The van der Waals surface area contributed by atoms with Gasteiger partial charge in [-0.05, 0) is 18.4 Å². The van der Waals surface area contributed by atoms with E-state index in [9.17, 15) is 8.42 Å². The average Bonchev–Trinajstić information content (AvgIpc) is 2.18. The molecule has 0 saturated heterocycles. The summed E-state index contributed by atoms with van der Waals surface area (Å²) >= 11 is 1.60. The molecule has 0 atom stereocenters. The SMILES string of the molecule is CSc1ccc([N-]S(=O)(=O)CC[NH3+])cc1. The highest BCUT2D eigenvalue weighted by atomic mass is 32.2. The summed E-state index contributed by atoms with van der Waals surface area (Å²) in [4.78, 5) is 1.09. The third-order valence-corrected chi connectivity index (χ3v) is 3.76. The fourth-order valence-corrected chi connectivity index (χ4v) is 2.34. The van der Waals surface area contributed by atoms with Gasteiger partial charge in [0.15, 0.2) is 0 Å². The molecule has 1 aromatic carbocycles. The van der Waals surface area contributed by atoms with E-state index in [1.165, 1.54) is 0 Å². The Morgan fingerprint density at radius 1 is 1.33 bits per heavy atom. The lowest BCUT2D eigenvalue weighted by Crippen LogP contribution is -2.52. The first-order valence-corrected chi connectivity index (χ1v) is 7.30. The Labute approximate surface area is 94.3 Å². The van der Waals surface area contributed by atoms with Crippen molar-refractivity contribution in [2.75, 3.05) is 18.6 Å². The predicted octanol–water partition coefficient (Wildman–Crippen LogP) is 0.985. The summed E-state index contributed by atoms with van der Waals surface area (Å²) in [5.41, 5.74) is 3.97. The molecular weight excluding hydrogens is 232 g/mol. The Bertz CT molecular complexity index is 401. The first-order valence-electron chi connectivity index (χ1n) is 4.46. The number of sulfonamides is 1. The second-order valence-corrected chi connectivity index (χ2v) is 5.56. The first kappa shape index (κ1) is 12.4. The topological polar surface area (TPSA) is 75.9 Å². The van der Waals surface area contributed by atoms with Crippen LogP contribution in [0.5, 0.6) is 0 Å². The van der Waals surface area contributed by atoms with E-state index in [1.54, 1.807) is 23.9 Å². The van der Waals surface area contributed by atoms with Crippen LogP contribution in [-0.2, 0) is 10.0 Å². The van der Waals surface area contributed by atoms with Gasteiger partial charge in [0.05, 0.1) is 22.3 Å². The summed E-state index contributed by atoms with van der Waals surface area (Å²) in [6.45, 7) is 0.342. The summed E-state index contributed by atoms with van der Waals surface area (Å²) in [5.74, 6) is -0.00270. The van der Waals surface area contributed by atoms with Gasteiger partial charge in [-0.1, -0.05) is 12.1 Å². The van der Waals surface area contributed by atoms with Gasteiger partial charge in [-0.3, -0.25) is 0 Å². The van der Waals surface area contributed by atoms with Crippen molar-refractivity contribution in [3.8, 4) is 0 Å². The van der Waals surface area contributed by atoms with Crippen molar-refractivity contribution in [3.05, 3.63) is 29.0 Å². The van der Waals surface area contributed by atoms with Crippen LogP contribution in [0.4, 0.5) is 5.69 Å². The molecule has 84 valence electrons. The zero-order valence-corrected chi connectivity index (χ0v) is 10.1. The highest BCUT2D eigenvalue weighted by Gasteiger charge is 1.98. The van der Waals surface area contributed by atoms with Crippen molar-refractivity contribution in [2.24, 2.45) is 0 Å². The molecule has 0 amide bonds. The highest BCUT2D eigenvalue weighted by Crippen LogP contribution is 2.25. The van der Waals surface area contributed by atoms with Gasteiger partial charge in [0, 0.05) is 4.90 Å². The smallest absolute Gasteiger partial charge is 0.0993 e. The minimum absolute atomic E-state index is 0.00270. The average molecular weight is 246 g/mol. The van der Waals surface area contributed by atoms with Crippen molar-refractivity contribution in [1.82, 2.24) is 0 Å². The lowest BCUT2D eigenvalue weighted by molar-refractivity contribution is -0.360. The van der Waals surface area contributed by atoms with Gasteiger partial charge in [-0.2, -0.15) is 0 Å². The molecule has 0 heterocycles. The second-order valence-electron chi connectivity index (χ2n) is 2.93. The molecule has 1 rings (SSSR count). The summed E-state index contributed by atoms with van der Waals surface area (Å²) < 4.78 is 26.4.